The number of hydrogen-bond acceptors (Lipinski definition) is 1. The van der Waals surface area contributed by atoms with Crippen molar-refractivity contribution < 1.29 is 0 Å². The Labute approximate surface area is 83.3 Å². The second kappa shape index (κ2) is 4.99. The molecule has 1 aliphatic heterocycles. The van der Waals surface area contributed by atoms with Gasteiger partial charge in [0, 0.05) is 0 Å². The van der Waals surface area contributed by atoms with Gasteiger partial charge in [-0.25, -0.2) is 0 Å². The third-order valence-electron chi connectivity index (χ3n) is 3.95. The Morgan fingerprint density at radius 2 is 1.69 bits per heavy atom. The molecule has 0 aromatic heterocycles. The lowest BCUT2D eigenvalue weighted by molar-refractivity contribution is 0.194. The smallest absolute Gasteiger partial charge is 0.00463 e. The topological polar surface area (TPSA) is 12.0 Å². The summed E-state index contributed by atoms with van der Waals surface area (Å²) in [6, 6.07) is 0. The fourth-order valence-electron chi connectivity index (χ4n) is 2.32. The van der Waals surface area contributed by atoms with Gasteiger partial charge < -0.3 is 5.32 Å². The Morgan fingerprint density at radius 3 is 2.15 bits per heavy atom. The molecule has 0 amide bonds. The summed E-state index contributed by atoms with van der Waals surface area (Å²) in [5.74, 6) is 0.992. The van der Waals surface area contributed by atoms with E-state index in [1.807, 2.05) is 0 Å². The third-order valence-corrected chi connectivity index (χ3v) is 3.95. The summed E-state index contributed by atoms with van der Waals surface area (Å²) in [5.41, 5.74) is 0.613. The highest BCUT2D eigenvalue weighted by Crippen LogP contribution is 2.35. The van der Waals surface area contributed by atoms with Crippen LogP contribution in [0.3, 0.4) is 0 Å². The van der Waals surface area contributed by atoms with Crippen LogP contribution in [-0.2, 0) is 0 Å². The lowest BCUT2D eigenvalue weighted by Gasteiger charge is -2.33. The molecule has 1 saturated heterocycles. The van der Waals surface area contributed by atoms with Crippen molar-refractivity contribution in [2.75, 3.05) is 13.1 Å². The molecule has 1 heterocycles. The quantitative estimate of drug-likeness (QED) is 0.705. The second-order valence-electron chi connectivity index (χ2n) is 4.92. The monoisotopic (exact) mass is 183 g/mol. The van der Waals surface area contributed by atoms with Crippen molar-refractivity contribution in [2.45, 2.75) is 52.9 Å². The summed E-state index contributed by atoms with van der Waals surface area (Å²) in [4.78, 5) is 0. The van der Waals surface area contributed by atoms with E-state index >= 15 is 0 Å². The molecule has 0 bridgehead atoms. The van der Waals surface area contributed by atoms with Gasteiger partial charge in [-0.05, 0) is 43.7 Å². The average molecular weight is 183 g/mol. The van der Waals surface area contributed by atoms with Gasteiger partial charge in [-0.15, -0.1) is 0 Å². The first-order valence-electron chi connectivity index (χ1n) is 5.91. The molecule has 0 aromatic rings. The van der Waals surface area contributed by atoms with Crippen LogP contribution in [0.5, 0.6) is 0 Å². The highest BCUT2D eigenvalue weighted by molar-refractivity contribution is 4.78. The number of hydrogen-bond donors (Lipinski definition) is 1. The first-order chi connectivity index (χ1) is 6.20. The first-order valence-corrected chi connectivity index (χ1v) is 5.91. The molecule has 0 spiro atoms. The summed E-state index contributed by atoms with van der Waals surface area (Å²) in [6.07, 6.45) is 6.92. The van der Waals surface area contributed by atoms with Gasteiger partial charge in [0.05, 0.1) is 0 Å². The minimum atomic E-state index is 0.613. The molecule has 13 heavy (non-hydrogen) atoms. The Balaban J connectivity index is 2.35. The maximum absolute atomic E-state index is 3.44. The van der Waals surface area contributed by atoms with Crippen LogP contribution in [0.15, 0.2) is 0 Å². The van der Waals surface area contributed by atoms with Gasteiger partial charge in [0.15, 0.2) is 0 Å². The predicted octanol–water partition coefficient (Wildman–Crippen LogP) is 3.20. The van der Waals surface area contributed by atoms with Crippen LogP contribution in [0, 0.1) is 11.3 Å². The van der Waals surface area contributed by atoms with Crippen LogP contribution in [0.4, 0.5) is 0 Å². The Kier molecular flexibility index (Phi) is 4.24. The largest absolute Gasteiger partial charge is 0.317 e. The number of nitrogens with one attached hydrogen (secondary N) is 1. The zero-order valence-electron chi connectivity index (χ0n) is 9.53. The van der Waals surface area contributed by atoms with E-state index in [4.69, 9.17) is 0 Å². The standard InChI is InChI=1S/C12H25N/c1-4-12(3,5-2)10-11-6-8-13-9-7-11/h11,13H,4-10H2,1-3H3. The van der Waals surface area contributed by atoms with E-state index in [2.05, 4.69) is 26.1 Å². The van der Waals surface area contributed by atoms with Gasteiger partial charge in [-0.1, -0.05) is 33.6 Å². The maximum atomic E-state index is 3.44. The molecule has 0 saturated carbocycles. The second-order valence-corrected chi connectivity index (χ2v) is 4.92. The van der Waals surface area contributed by atoms with Crippen molar-refractivity contribution in [3.05, 3.63) is 0 Å². The molecule has 1 rings (SSSR count). The van der Waals surface area contributed by atoms with E-state index in [1.54, 1.807) is 0 Å². The van der Waals surface area contributed by atoms with Crippen molar-refractivity contribution in [2.24, 2.45) is 11.3 Å². The summed E-state index contributed by atoms with van der Waals surface area (Å²) < 4.78 is 0. The van der Waals surface area contributed by atoms with E-state index in [-0.39, 0.29) is 0 Å². The molecule has 78 valence electrons. The SMILES string of the molecule is CCC(C)(CC)CC1CCNCC1. The van der Waals surface area contributed by atoms with Gasteiger partial charge in [0.1, 0.15) is 0 Å². The van der Waals surface area contributed by atoms with Gasteiger partial charge >= 0.3 is 0 Å². The highest BCUT2D eigenvalue weighted by atomic mass is 14.9. The summed E-state index contributed by atoms with van der Waals surface area (Å²) in [6.45, 7) is 9.62. The van der Waals surface area contributed by atoms with Gasteiger partial charge in [0.25, 0.3) is 0 Å². The van der Waals surface area contributed by atoms with Crippen molar-refractivity contribution in [1.82, 2.24) is 5.32 Å². The lowest BCUT2D eigenvalue weighted by Crippen LogP contribution is -2.30. The van der Waals surface area contributed by atoms with Crippen molar-refractivity contribution in [3.63, 3.8) is 0 Å². The molecule has 0 radical (unpaired) electrons. The maximum Gasteiger partial charge on any atom is -0.00463 e. The van der Waals surface area contributed by atoms with Crippen LogP contribution in [-0.4, -0.2) is 13.1 Å². The van der Waals surface area contributed by atoms with Crippen LogP contribution >= 0.6 is 0 Å². The third kappa shape index (κ3) is 3.30. The Hall–Kier alpha value is -0.0400. The number of rotatable bonds is 4. The van der Waals surface area contributed by atoms with Crippen molar-refractivity contribution in [1.29, 1.82) is 0 Å². The van der Waals surface area contributed by atoms with Crippen molar-refractivity contribution in [3.8, 4) is 0 Å². The molecule has 1 N–H and O–H groups in total. The van der Waals surface area contributed by atoms with E-state index < -0.39 is 0 Å². The van der Waals surface area contributed by atoms with Gasteiger partial charge in [-0.2, -0.15) is 0 Å². The Bertz CT molecular complexity index is 132. The first kappa shape index (κ1) is 11.0. The van der Waals surface area contributed by atoms with Crippen LogP contribution < -0.4 is 5.32 Å². The summed E-state index contributed by atoms with van der Waals surface area (Å²) in [5, 5.41) is 3.44. The summed E-state index contributed by atoms with van der Waals surface area (Å²) >= 11 is 0. The van der Waals surface area contributed by atoms with E-state index in [9.17, 15) is 0 Å². The minimum absolute atomic E-state index is 0.613. The normalized spacial score (nSPS) is 20.5. The fraction of sp³-hybridized carbons (Fsp3) is 1.00. The van der Waals surface area contributed by atoms with Crippen LogP contribution in [0.2, 0.25) is 0 Å². The average Bonchev–Trinajstić information content (AvgIpc) is 2.19. The molecule has 0 unspecified atom stereocenters. The zero-order chi connectivity index (χ0) is 9.73. The van der Waals surface area contributed by atoms with Gasteiger partial charge in [0.2, 0.25) is 0 Å². The molecule has 1 nitrogen and oxygen atoms in total. The van der Waals surface area contributed by atoms with Crippen LogP contribution in [0.25, 0.3) is 0 Å². The molecular formula is C12H25N. The molecule has 1 aliphatic rings. The van der Waals surface area contributed by atoms with Crippen molar-refractivity contribution >= 4 is 0 Å². The van der Waals surface area contributed by atoms with E-state index in [0.717, 1.165) is 5.92 Å². The predicted molar refractivity (Wildman–Crippen MR) is 58.9 cm³/mol. The van der Waals surface area contributed by atoms with Gasteiger partial charge in [-0.3, -0.25) is 0 Å². The lowest BCUT2D eigenvalue weighted by atomic mass is 9.74. The number of piperidine rings is 1. The molecule has 0 aromatic carbocycles. The van der Waals surface area contributed by atoms with Crippen LogP contribution in [0.1, 0.15) is 52.9 Å². The zero-order valence-corrected chi connectivity index (χ0v) is 9.53. The molecule has 1 fully saturated rings. The minimum Gasteiger partial charge on any atom is -0.317 e. The van der Waals surface area contributed by atoms with E-state index in [0.29, 0.717) is 5.41 Å². The molecule has 1 heteroatoms. The highest BCUT2D eigenvalue weighted by Gasteiger charge is 2.25. The molecular weight excluding hydrogens is 158 g/mol. The molecule has 0 aliphatic carbocycles. The fourth-order valence-corrected chi connectivity index (χ4v) is 2.32. The Morgan fingerprint density at radius 1 is 1.15 bits per heavy atom. The van der Waals surface area contributed by atoms with E-state index in [1.165, 1.54) is 45.2 Å². The molecule has 0 atom stereocenters. The summed E-state index contributed by atoms with van der Waals surface area (Å²) in [7, 11) is 0.